The summed E-state index contributed by atoms with van der Waals surface area (Å²) >= 11 is 0. The fraction of sp³-hybridized carbons (Fsp3) is 0.588. The number of carbonyl (C=O) groups is 1. The molecule has 1 aromatic carbocycles. The van der Waals surface area contributed by atoms with Crippen LogP contribution in [0.4, 0.5) is 16.2 Å². The number of hydrogen-bond acceptors (Lipinski definition) is 5. The van der Waals surface area contributed by atoms with E-state index < -0.39 is 11.7 Å². The molecule has 0 fully saturated rings. The summed E-state index contributed by atoms with van der Waals surface area (Å²) in [6.45, 7) is 10.3. The second-order valence-electron chi connectivity index (χ2n) is 6.21. The lowest BCUT2D eigenvalue weighted by atomic mass is 10.2. The molecule has 0 aliphatic heterocycles. The minimum absolute atomic E-state index is 0.143. The number of aliphatic hydroxyl groups is 1. The number of benzene rings is 1. The van der Waals surface area contributed by atoms with Gasteiger partial charge in [-0.05, 0) is 52.0 Å². The van der Waals surface area contributed by atoms with Gasteiger partial charge in [-0.25, -0.2) is 4.79 Å². The molecule has 1 rings (SSSR count). The van der Waals surface area contributed by atoms with Crippen LogP contribution >= 0.6 is 0 Å². The Morgan fingerprint density at radius 3 is 2.39 bits per heavy atom. The van der Waals surface area contributed by atoms with Gasteiger partial charge in [0.1, 0.15) is 5.60 Å². The smallest absolute Gasteiger partial charge is 0.407 e. The highest BCUT2D eigenvalue weighted by atomic mass is 16.6. The van der Waals surface area contributed by atoms with E-state index in [-0.39, 0.29) is 6.61 Å². The Bertz CT molecular complexity index is 469. The molecule has 0 unspecified atom stereocenters. The Kier molecular flexibility index (Phi) is 7.68. The molecule has 0 aliphatic carbocycles. The zero-order chi connectivity index (χ0) is 17.3. The fourth-order valence-corrected chi connectivity index (χ4v) is 2.07. The third-order valence-corrected chi connectivity index (χ3v) is 3.11. The average Bonchev–Trinajstić information content (AvgIpc) is 2.48. The van der Waals surface area contributed by atoms with Crippen LogP contribution in [0.3, 0.4) is 0 Å². The van der Waals surface area contributed by atoms with Gasteiger partial charge in [-0.3, -0.25) is 0 Å². The van der Waals surface area contributed by atoms with Gasteiger partial charge in [0.15, 0.2) is 0 Å². The number of likely N-dealkylation sites (N-methyl/N-ethyl adjacent to an activating group) is 1. The SMILES string of the molecule is CCN(CCO)c1ccc(NCCNC(=O)OC(C)(C)C)cc1. The predicted molar refractivity (Wildman–Crippen MR) is 94.1 cm³/mol. The van der Waals surface area contributed by atoms with Crippen molar-refractivity contribution in [1.82, 2.24) is 5.32 Å². The van der Waals surface area contributed by atoms with Crippen molar-refractivity contribution in [3.63, 3.8) is 0 Å². The lowest BCUT2D eigenvalue weighted by molar-refractivity contribution is 0.0530. The number of rotatable bonds is 8. The van der Waals surface area contributed by atoms with Crippen LogP contribution in [0.25, 0.3) is 0 Å². The normalized spacial score (nSPS) is 11.0. The summed E-state index contributed by atoms with van der Waals surface area (Å²) in [5, 5.41) is 15.0. The highest BCUT2D eigenvalue weighted by molar-refractivity contribution is 5.67. The monoisotopic (exact) mass is 323 g/mol. The summed E-state index contributed by atoms with van der Waals surface area (Å²) in [6, 6.07) is 8.01. The Balaban J connectivity index is 2.34. The Morgan fingerprint density at radius 2 is 1.87 bits per heavy atom. The molecular weight excluding hydrogens is 294 g/mol. The van der Waals surface area contributed by atoms with Crippen molar-refractivity contribution in [2.75, 3.05) is 43.0 Å². The molecular formula is C17H29N3O3. The number of carbonyl (C=O) groups excluding carboxylic acids is 1. The van der Waals surface area contributed by atoms with Crippen molar-refractivity contribution in [2.45, 2.75) is 33.3 Å². The van der Waals surface area contributed by atoms with Crippen LogP contribution in [0.2, 0.25) is 0 Å². The first-order valence-electron chi connectivity index (χ1n) is 8.02. The first kappa shape index (κ1) is 19.1. The molecule has 0 spiro atoms. The van der Waals surface area contributed by atoms with E-state index in [4.69, 9.17) is 9.84 Å². The van der Waals surface area contributed by atoms with Crippen LogP contribution in [0, 0.1) is 0 Å². The number of nitrogens with one attached hydrogen (secondary N) is 2. The third kappa shape index (κ3) is 7.74. The molecule has 1 aromatic rings. The van der Waals surface area contributed by atoms with Crippen molar-refractivity contribution >= 4 is 17.5 Å². The summed E-state index contributed by atoms with van der Waals surface area (Å²) in [4.78, 5) is 13.6. The topological polar surface area (TPSA) is 73.8 Å². The zero-order valence-corrected chi connectivity index (χ0v) is 14.6. The molecule has 0 radical (unpaired) electrons. The Morgan fingerprint density at radius 1 is 1.22 bits per heavy atom. The van der Waals surface area contributed by atoms with Crippen molar-refractivity contribution in [2.24, 2.45) is 0 Å². The van der Waals surface area contributed by atoms with Crippen molar-refractivity contribution in [1.29, 1.82) is 0 Å². The molecule has 6 nitrogen and oxygen atoms in total. The number of anilines is 2. The van der Waals surface area contributed by atoms with Crippen molar-refractivity contribution in [3.05, 3.63) is 24.3 Å². The van der Waals surface area contributed by atoms with E-state index in [9.17, 15) is 4.79 Å². The van der Waals surface area contributed by atoms with E-state index in [0.717, 1.165) is 17.9 Å². The molecule has 0 heterocycles. The van der Waals surface area contributed by atoms with Crippen LogP contribution < -0.4 is 15.5 Å². The summed E-state index contributed by atoms with van der Waals surface area (Å²) in [6.07, 6.45) is -0.405. The number of nitrogens with zero attached hydrogens (tertiary/aromatic N) is 1. The summed E-state index contributed by atoms with van der Waals surface area (Å²) in [7, 11) is 0. The molecule has 0 bridgehead atoms. The van der Waals surface area contributed by atoms with Crippen LogP contribution in [-0.2, 0) is 4.74 Å². The van der Waals surface area contributed by atoms with E-state index in [0.29, 0.717) is 19.6 Å². The maximum atomic E-state index is 11.5. The maximum Gasteiger partial charge on any atom is 0.407 e. The van der Waals surface area contributed by atoms with E-state index in [1.807, 2.05) is 45.0 Å². The number of amides is 1. The number of alkyl carbamates (subject to hydrolysis) is 1. The number of ether oxygens (including phenoxy) is 1. The van der Waals surface area contributed by atoms with Gasteiger partial charge in [-0.1, -0.05) is 0 Å². The molecule has 6 heteroatoms. The molecule has 130 valence electrons. The number of aliphatic hydroxyl groups excluding tert-OH is 1. The molecule has 0 aliphatic rings. The minimum Gasteiger partial charge on any atom is -0.444 e. The second-order valence-corrected chi connectivity index (χ2v) is 6.21. The Labute approximate surface area is 138 Å². The molecule has 0 aromatic heterocycles. The maximum absolute atomic E-state index is 11.5. The van der Waals surface area contributed by atoms with Crippen LogP contribution in [0.5, 0.6) is 0 Å². The summed E-state index contributed by atoms with van der Waals surface area (Å²) in [5.74, 6) is 0. The minimum atomic E-state index is -0.479. The van der Waals surface area contributed by atoms with Crippen molar-refractivity contribution in [3.8, 4) is 0 Å². The molecule has 0 saturated heterocycles. The van der Waals surface area contributed by atoms with Gasteiger partial charge >= 0.3 is 6.09 Å². The largest absolute Gasteiger partial charge is 0.444 e. The van der Waals surface area contributed by atoms with E-state index in [1.165, 1.54) is 0 Å². The lowest BCUT2D eigenvalue weighted by Gasteiger charge is -2.22. The summed E-state index contributed by atoms with van der Waals surface area (Å²) < 4.78 is 5.16. The van der Waals surface area contributed by atoms with Gasteiger partial charge in [-0.2, -0.15) is 0 Å². The predicted octanol–water partition coefficient (Wildman–Crippen LogP) is 2.44. The van der Waals surface area contributed by atoms with Gasteiger partial charge in [-0.15, -0.1) is 0 Å². The number of hydrogen-bond donors (Lipinski definition) is 3. The highest BCUT2D eigenvalue weighted by Gasteiger charge is 2.15. The fourth-order valence-electron chi connectivity index (χ4n) is 2.07. The van der Waals surface area contributed by atoms with Gasteiger partial charge in [0.2, 0.25) is 0 Å². The van der Waals surface area contributed by atoms with Crippen LogP contribution in [0.1, 0.15) is 27.7 Å². The van der Waals surface area contributed by atoms with Crippen molar-refractivity contribution < 1.29 is 14.6 Å². The van der Waals surface area contributed by atoms with E-state index in [2.05, 4.69) is 22.5 Å². The molecule has 0 atom stereocenters. The first-order chi connectivity index (χ1) is 10.9. The highest BCUT2D eigenvalue weighted by Crippen LogP contribution is 2.17. The van der Waals surface area contributed by atoms with Gasteiger partial charge < -0.3 is 25.4 Å². The molecule has 3 N–H and O–H groups in total. The molecule has 23 heavy (non-hydrogen) atoms. The Hall–Kier alpha value is -1.95. The standard InChI is InChI=1S/C17H29N3O3/c1-5-20(12-13-21)15-8-6-14(7-9-15)18-10-11-19-16(22)23-17(2,3)4/h6-9,18,21H,5,10-13H2,1-4H3,(H,19,22). The molecule has 1 amide bonds. The first-order valence-corrected chi connectivity index (χ1v) is 8.02. The van der Waals surface area contributed by atoms with Gasteiger partial charge in [0.05, 0.1) is 6.61 Å². The molecule has 0 saturated carbocycles. The van der Waals surface area contributed by atoms with Crippen LogP contribution in [0.15, 0.2) is 24.3 Å². The van der Waals surface area contributed by atoms with Gasteiger partial charge in [0.25, 0.3) is 0 Å². The van der Waals surface area contributed by atoms with Crippen LogP contribution in [-0.4, -0.2) is 49.6 Å². The zero-order valence-electron chi connectivity index (χ0n) is 14.6. The quantitative estimate of drug-likeness (QED) is 0.641. The van der Waals surface area contributed by atoms with E-state index >= 15 is 0 Å². The second kappa shape index (κ2) is 9.25. The summed E-state index contributed by atoms with van der Waals surface area (Å²) in [5.41, 5.74) is 1.59. The lowest BCUT2D eigenvalue weighted by Crippen LogP contribution is -2.35. The van der Waals surface area contributed by atoms with E-state index in [1.54, 1.807) is 0 Å². The third-order valence-electron chi connectivity index (χ3n) is 3.11. The van der Waals surface area contributed by atoms with Gasteiger partial charge in [0, 0.05) is 37.6 Å². The average molecular weight is 323 g/mol.